The molecule has 7 heteroatoms. The lowest BCUT2D eigenvalue weighted by Crippen LogP contribution is -2.39. The molecule has 0 heterocycles. The van der Waals surface area contributed by atoms with Gasteiger partial charge in [-0.2, -0.15) is 0 Å². The van der Waals surface area contributed by atoms with Crippen LogP contribution in [-0.4, -0.2) is 34.9 Å². The Labute approximate surface area is 185 Å². The molecule has 0 radical (unpaired) electrons. The molecular weight excluding hydrogens is 450 g/mol. The molecule has 0 saturated heterocycles. The lowest BCUT2D eigenvalue weighted by atomic mass is 9.94. The summed E-state index contributed by atoms with van der Waals surface area (Å²) in [6.45, 7) is 0. The minimum Gasteiger partial charge on any atom is -0.339 e. The summed E-state index contributed by atoms with van der Waals surface area (Å²) in [5, 5.41) is 5.82. The van der Waals surface area contributed by atoms with Gasteiger partial charge in [-0.15, -0.1) is 0 Å². The summed E-state index contributed by atoms with van der Waals surface area (Å²) in [6.07, 6.45) is 5.64. The van der Waals surface area contributed by atoms with Crippen LogP contribution in [0, 0.1) is 0 Å². The van der Waals surface area contributed by atoms with Crippen molar-refractivity contribution in [3.8, 4) is 0 Å². The van der Waals surface area contributed by atoms with E-state index in [1.165, 1.54) is 6.42 Å². The maximum atomic E-state index is 13.1. The molecule has 1 aliphatic carbocycles. The van der Waals surface area contributed by atoms with E-state index in [-0.39, 0.29) is 23.0 Å². The summed E-state index contributed by atoms with van der Waals surface area (Å²) in [5.41, 5.74) is 1.61. The first-order chi connectivity index (χ1) is 14.0. The minimum absolute atomic E-state index is 0.0417. The van der Waals surface area contributed by atoms with Gasteiger partial charge in [0.15, 0.2) is 5.11 Å². The maximum Gasteiger partial charge on any atom is 0.258 e. The van der Waals surface area contributed by atoms with Crippen molar-refractivity contribution in [1.29, 1.82) is 0 Å². The largest absolute Gasteiger partial charge is 0.339 e. The second kappa shape index (κ2) is 9.98. The van der Waals surface area contributed by atoms with E-state index in [4.69, 9.17) is 12.2 Å². The highest BCUT2D eigenvalue weighted by Gasteiger charge is 2.24. The van der Waals surface area contributed by atoms with Crippen molar-refractivity contribution in [2.24, 2.45) is 0 Å². The monoisotopic (exact) mass is 473 g/mol. The van der Waals surface area contributed by atoms with Gasteiger partial charge in [0.1, 0.15) is 0 Å². The summed E-state index contributed by atoms with van der Waals surface area (Å²) in [6, 6.07) is 14.6. The fourth-order valence-corrected chi connectivity index (χ4v) is 4.24. The Hall–Kier alpha value is -2.25. The van der Waals surface area contributed by atoms with Crippen LogP contribution in [-0.2, 0) is 0 Å². The molecule has 1 aliphatic rings. The number of benzene rings is 2. The third-order valence-electron chi connectivity index (χ3n) is 5.19. The van der Waals surface area contributed by atoms with Crippen LogP contribution in [0.15, 0.2) is 53.0 Å². The Bertz CT molecular complexity index is 912. The third-order valence-corrected chi connectivity index (χ3v) is 6.09. The predicted octanol–water partition coefficient (Wildman–Crippen LogP) is 4.98. The van der Waals surface area contributed by atoms with Crippen molar-refractivity contribution in [1.82, 2.24) is 10.2 Å². The van der Waals surface area contributed by atoms with Gasteiger partial charge in [-0.25, -0.2) is 0 Å². The molecule has 5 nitrogen and oxygen atoms in total. The summed E-state index contributed by atoms with van der Waals surface area (Å²) in [5.74, 6) is -0.363. The second-order valence-electron chi connectivity index (χ2n) is 7.14. The molecule has 0 aromatic heterocycles. The fourth-order valence-electron chi connectivity index (χ4n) is 3.57. The number of thiocarbonyl (C=S) groups is 1. The van der Waals surface area contributed by atoms with Gasteiger partial charge in [0.25, 0.3) is 11.8 Å². The van der Waals surface area contributed by atoms with Crippen LogP contribution in [0.5, 0.6) is 0 Å². The van der Waals surface area contributed by atoms with Crippen LogP contribution in [0.3, 0.4) is 0 Å². The third kappa shape index (κ3) is 5.42. The molecule has 3 rings (SSSR count). The molecule has 29 heavy (non-hydrogen) atoms. The van der Waals surface area contributed by atoms with Gasteiger partial charge >= 0.3 is 0 Å². The van der Waals surface area contributed by atoms with Gasteiger partial charge in [-0.1, -0.05) is 43.5 Å². The van der Waals surface area contributed by atoms with Gasteiger partial charge in [0.05, 0.1) is 16.8 Å². The topological polar surface area (TPSA) is 61.4 Å². The number of rotatable bonds is 4. The lowest BCUT2D eigenvalue weighted by Gasteiger charge is -2.31. The van der Waals surface area contributed by atoms with Crippen molar-refractivity contribution in [3.05, 3.63) is 64.1 Å². The normalized spacial score (nSPS) is 14.1. The number of amides is 2. The summed E-state index contributed by atoms with van der Waals surface area (Å²) in [4.78, 5) is 27.4. The van der Waals surface area contributed by atoms with E-state index in [9.17, 15) is 9.59 Å². The molecule has 2 aromatic carbocycles. The molecule has 2 amide bonds. The number of nitrogens with zero attached hydrogens (tertiary/aromatic N) is 1. The van der Waals surface area contributed by atoms with E-state index in [1.807, 2.05) is 30.1 Å². The molecule has 152 valence electrons. The highest BCUT2D eigenvalue weighted by atomic mass is 79.9. The second-order valence-corrected chi connectivity index (χ2v) is 8.40. The van der Waals surface area contributed by atoms with Crippen LogP contribution in [0.1, 0.15) is 52.8 Å². The van der Waals surface area contributed by atoms with E-state index < -0.39 is 0 Å². The fraction of sp³-hybridized carbons (Fsp3) is 0.318. The molecule has 0 aliphatic heterocycles. The van der Waals surface area contributed by atoms with Crippen LogP contribution in [0.4, 0.5) is 5.69 Å². The van der Waals surface area contributed by atoms with Gasteiger partial charge in [-0.3, -0.25) is 14.9 Å². The zero-order chi connectivity index (χ0) is 20.8. The van der Waals surface area contributed by atoms with Crippen molar-refractivity contribution < 1.29 is 9.59 Å². The molecule has 0 atom stereocenters. The first-order valence-electron chi connectivity index (χ1n) is 9.70. The first kappa shape index (κ1) is 21.5. The molecule has 0 spiro atoms. The molecule has 2 aromatic rings. The number of carbonyl (C=O) groups is 2. The standard InChI is InChI=1S/C22H24BrN3O2S/c1-26(15-9-3-2-4-10-15)21(28)17-12-6-8-14-19(17)24-22(29)25-20(27)16-11-5-7-13-18(16)23/h5-8,11-15H,2-4,9-10H2,1H3,(H2,24,25,27,29). The van der Waals surface area contributed by atoms with E-state index in [1.54, 1.807) is 30.3 Å². The highest BCUT2D eigenvalue weighted by molar-refractivity contribution is 9.10. The van der Waals surface area contributed by atoms with Gasteiger partial charge in [-0.05, 0) is 65.3 Å². The van der Waals surface area contributed by atoms with Crippen molar-refractivity contribution in [3.63, 3.8) is 0 Å². The summed E-state index contributed by atoms with van der Waals surface area (Å²) >= 11 is 8.67. The SMILES string of the molecule is CN(C(=O)c1ccccc1NC(=S)NC(=O)c1ccccc1Br)C1CCCCC1. The number of hydrogen-bond acceptors (Lipinski definition) is 3. The number of para-hydroxylation sites is 1. The van der Waals surface area contributed by atoms with E-state index in [0.29, 0.717) is 21.3 Å². The molecule has 0 unspecified atom stereocenters. The van der Waals surface area contributed by atoms with E-state index in [0.717, 1.165) is 25.7 Å². The highest BCUT2D eigenvalue weighted by Crippen LogP contribution is 2.25. The van der Waals surface area contributed by atoms with Crippen molar-refractivity contribution in [2.45, 2.75) is 38.1 Å². The average molecular weight is 474 g/mol. The number of nitrogens with one attached hydrogen (secondary N) is 2. The van der Waals surface area contributed by atoms with Gasteiger partial charge in [0.2, 0.25) is 0 Å². The van der Waals surface area contributed by atoms with Crippen LogP contribution in [0.25, 0.3) is 0 Å². The Balaban J connectivity index is 1.70. The number of anilines is 1. The first-order valence-corrected chi connectivity index (χ1v) is 10.9. The van der Waals surface area contributed by atoms with Gasteiger partial charge < -0.3 is 10.2 Å². The number of carbonyl (C=O) groups excluding carboxylic acids is 2. The maximum absolute atomic E-state index is 13.1. The zero-order valence-electron chi connectivity index (χ0n) is 16.3. The van der Waals surface area contributed by atoms with Gasteiger partial charge in [0, 0.05) is 17.6 Å². The molecule has 2 N–H and O–H groups in total. The molecular formula is C22H24BrN3O2S. The summed E-state index contributed by atoms with van der Waals surface area (Å²) < 4.78 is 0.685. The van der Waals surface area contributed by atoms with E-state index in [2.05, 4.69) is 26.6 Å². The predicted molar refractivity (Wildman–Crippen MR) is 123 cm³/mol. The van der Waals surface area contributed by atoms with Crippen LogP contribution in [0.2, 0.25) is 0 Å². The quantitative estimate of drug-likeness (QED) is 0.614. The van der Waals surface area contributed by atoms with Crippen molar-refractivity contribution >= 4 is 50.8 Å². The Morgan fingerprint density at radius 2 is 1.62 bits per heavy atom. The minimum atomic E-state index is -0.321. The molecule has 0 bridgehead atoms. The Morgan fingerprint density at radius 1 is 1.00 bits per heavy atom. The van der Waals surface area contributed by atoms with E-state index >= 15 is 0 Å². The molecule has 1 saturated carbocycles. The Kier molecular flexibility index (Phi) is 7.39. The van der Waals surface area contributed by atoms with Crippen LogP contribution >= 0.6 is 28.1 Å². The smallest absolute Gasteiger partial charge is 0.258 e. The zero-order valence-corrected chi connectivity index (χ0v) is 18.7. The van der Waals surface area contributed by atoms with Crippen molar-refractivity contribution in [2.75, 3.05) is 12.4 Å². The van der Waals surface area contributed by atoms with Crippen LogP contribution < -0.4 is 10.6 Å². The Morgan fingerprint density at radius 3 is 2.31 bits per heavy atom. The number of halogens is 1. The summed E-state index contributed by atoms with van der Waals surface area (Å²) in [7, 11) is 1.86. The average Bonchev–Trinajstić information content (AvgIpc) is 2.74. The lowest BCUT2D eigenvalue weighted by molar-refractivity contribution is 0.0697. The number of hydrogen-bond donors (Lipinski definition) is 2. The molecule has 1 fully saturated rings.